The van der Waals surface area contributed by atoms with E-state index in [1.54, 1.807) is 4.90 Å². The van der Waals surface area contributed by atoms with Crippen LogP contribution in [0.1, 0.15) is 37.0 Å². The first-order valence-corrected chi connectivity index (χ1v) is 7.54. The highest BCUT2D eigenvalue weighted by Crippen LogP contribution is 2.23. The van der Waals surface area contributed by atoms with Crippen LogP contribution in [0.5, 0.6) is 5.75 Å². The molecule has 21 heavy (non-hydrogen) atoms. The SMILES string of the molecule is CCCNC1CCN(C(=O)c2cc(F)ccc2O)CC1C. The largest absolute Gasteiger partial charge is 0.507 e. The summed E-state index contributed by atoms with van der Waals surface area (Å²) in [5.41, 5.74) is 0.0437. The van der Waals surface area contributed by atoms with Crippen molar-refractivity contribution < 1.29 is 14.3 Å². The smallest absolute Gasteiger partial charge is 0.257 e. The van der Waals surface area contributed by atoms with Crippen LogP contribution in [0.15, 0.2) is 18.2 Å². The molecule has 1 heterocycles. The summed E-state index contributed by atoms with van der Waals surface area (Å²) in [6.45, 7) is 6.46. The summed E-state index contributed by atoms with van der Waals surface area (Å²) in [6, 6.07) is 3.89. The summed E-state index contributed by atoms with van der Waals surface area (Å²) in [4.78, 5) is 14.1. The minimum absolute atomic E-state index is 0.0437. The highest BCUT2D eigenvalue weighted by molar-refractivity contribution is 5.96. The number of phenols is 1. The van der Waals surface area contributed by atoms with Crippen molar-refractivity contribution >= 4 is 5.91 Å². The molecule has 2 unspecified atom stereocenters. The molecule has 0 aromatic heterocycles. The fourth-order valence-electron chi connectivity index (χ4n) is 2.81. The van der Waals surface area contributed by atoms with Crippen molar-refractivity contribution in [2.75, 3.05) is 19.6 Å². The Morgan fingerprint density at radius 1 is 1.52 bits per heavy atom. The summed E-state index contributed by atoms with van der Waals surface area (Å²) < 4.78 is 13.3. The monoisotopic (exact) mass is 294 g/mol. The lowest BCUT2D eigenvalue weighted by Gasteiger charge is -2.37. The number of benzene rings is 1. The van der Waals surface area contributed by atoms with Gasteiger partial charge in [0.25, 0.3) is 5.91 Å². The predicted octanol–water partition coefficient (Wildman–Crippen LogP) is 2.38. The summed E-state index contributed by atoms with van der Waals surface area (Å²) in [6.07, 6.45) is 1.96. The van der Waals surface area contributed by atoms with Gasteiger partial charge in [-0.05, 0) is 43.5 Å². The maximum atomic E-state index is 13.3. The number of nitrogens with zero attached hydrogens (tertiary/aromatic N) is 1. The van der Waals surface area contributed by atoms with E-state index >= 15 is 0 Å². The number of hydrogen-bond donors (Lipinski definition) is 2. The Morgan fingerprint density at radius 2 is 2.29 bits per heavy atom. The zero-order valence-electron chi connectivity index (χ0n) is 12.6. The zero-order chi connectivity index (χ0) is 15.4. The Hall–Kier alpha value is -1.62. The number of rotatable bonds is 4. The lowest BCUT2D eigenvalue weighted by molar-refractivity contribution is 0.0641. The van der Waals surface area contributed by atoms with E-state index in [1.165, 1.54) is 6.07 Å². The van der Waals surface area contributed by atoms with Gasteiger partial charge in [0, 0.05) is 19.1 Å². The molecule has 2 rings (SSSR count). The van der Waals surface area contributed by atoms with Crippen molar-refractivity contribution in [2.24, 2.45) is 5.92 Å². The molecule has 2 atom stereocenters. The number of carbonyl (C=O) groups is 1. The average molecular weight is 294 g/mol. The van der Waals surface area contributed by atoms with Crippen LogP contribution in [-0.2, 0) is 0 Å². The predicted molar refractivity (Wildman–Crippen MR) is 79.8 cm³/mol. The molecule has 5 heteroatoms. The Balaban J connectivity index is 2.03. The minimum atomic E-state index is -0.510. The second kappa shape index (κ2) is 6.89. The zero-order valence-corrected chi connectivity index (χ0v) is 12.6. The number of aromatic hydroxyl groups is 1. The molecule has 4 nitrogen and oxygen atoms in total. The highest BCUT2D eigenvalue weighted by atomic mass is 19.1. The van der Waals surface area contributed by atoms with Crippen LogP contribution in [-0.4, -0.2) is 41.6 Å². The molecule has 0 bridgehead atoms. The molecule has 1 aliphatic rings. The van der Waals surface area contributed by atoms with Crippen LogP contribution < -0.4 is 5.32 Å². The van der Waals surface area contributed by atoms with Gasteiger partial charge in [0.2, 0.25) is 0 Å². The van der Waals surface area contributed by atoms with Gasteiger partial charge in [0.15, 0.2) is 0 Å². The van der Waals surface area contributed by atoms with Crippen molar-refractivity contribution in [1.82, 2.24) is 10.2 Å². The standard InChI is InChI=1S/C16H23FN2O2/c1-3-7-18-14-6-8-19(10-11(14)2)16(21)13-9-12(17)4-5-15(13)20/h4-5,9,11,14,18,20H,3,6-8,10H2,1-2H3. The lowest BCUT2D eigenvalue weighted by Crippen LogP contribution is -2.50. The van der Waals surface area contributed by atoms with Crippen LogP contribution >= 0.6 is 0 Å². The van der Waals surface area contributed by atoms with E-state index in [1.807, 2.05) is 0 Å². The lowest BCUT2D eigenvalue weighted by atomic mass is 9.93. The number of carbonyl (C=O) groups excluding carboxylic acids is 1. The third-order valence-corrected chi connectivity index (χ3v) is 4.04. The maximum Gasteiger partial charge on any atom is 0.257 e. The molecule has 1 saturated heterocycles. The molecule has 1 aliphatic heterocycles. The first kappa shape index (κ1) is 15.8. The van der Waals surface area contributed by atoms with Crippen molar-refractivity contribution in [1.29, 1.82) is 0 Å². The molecule has 0 aliphatic carbocycles. The Morgan fingerprint density at radius 3 is 2.95 bits per heavy atom. The van der Waals surface area contributed by atoms with Gasteiger partial charge in [-0.15, -0.1) is 0 Å². The molecular weight excluding hydrogens is 271 g/mol. The number of phenolic OH excluding ortho intramolecular Hbond substituents is 1. The average Bonchev–Trinajstić information content (AvgIpc) is 2.47. The summed E-state index contributed by atoms with van der Waals surface area (Å²) in [5, 5.41) is 13.2. The van der Waals surface area contributed by atoms with Crippen molar-refractivity contribution in [3.63, 3.8) is 0 Å². The normalized spacial score (nSPS) is 22.3. The first-order chi connectivity index (χ1) is 10.0. The van der Waals surface area contributed by atoms with E-state index in [0.29, 0.717) is 25.0 Å². The molecule has 0 saturated carbocycles. The maximum absolute atomic E-state index is 13.3. The van der Waals surface area contributed by atoms with Crippen LogP contribution in [0.4, 0.5) is 4.39 Å². The van der Waals surface area contributed by atoms with Gasteiger partial charge in [-0.3, -0.25) is 4.79 Å². The molecule has 1 amide bonds. The third-order valence-electron chi connectivity index (χ3n) is 4.04. The van der Waals surface area contributed by atoms with Crippen LogP contribution in [0.25, 0.3) is 0 Å². The van der Waals surface area contributed by atoms with Gasteiger partial charge in [-0.2, -0.15) is 0 Å². The van der Waals surface area contributed by atoms with E-state index in [2.05, 4.69) is 19.2 Å². The Labute approximate surface area is 125 Å². The van der Waals surface area contributed by atoms with Gasteiger partial charge in [-0.1, -0.05) is 13.8 Å². The number of piperidine rings is 1. The summed E-state index contributed by atoms with van der Waals surface area (Å²) >= 11 is 0. The van der Waals surface area contributed by atoms with Gasteiger partial charge < -0.3 is 15.3 Å². The molecule has 1 aromatic carbocycles. The fraction of sp³-hybridized carbons (Fsp3) is 0.562. The van der Waals surface area contributed by atoms with Crippen molar-refractivity contribution in [3.8, 4) is 5.75 Å². The Bertz CT molecular complexity index is 507. The van der Waals surface area contributed by atoms with E-state index in [4.69, 9.17) is 0 Å². The minimum Gasteiger partial charge on any atom is -0.507 e. The van der Waals surface area contributed by atoms with Gasteiger partial charge in [0.1, 0.15) is 11.6 Å². The number of nitrogens with one attached hydrogen (secondary N) is 1. The van der Waals surface area contributed by atoms with Gasteiger partial charge >= 0.3 is 0 Å². The quantitative estimate of drug-likeness (QED) is 0.896. The second-order valence-corrected chi connectivity index (χ2v) is 5.74. The third kappa shape index (κ3) is 3.73. The van der Waals surface area contributed by atoms with E-state index in [0.717, 1.165) is 31.5 Å². The number of likely N-dealkylation sites (tertiary alicyclic amines) is 1. The van der Waals surface area contributed by atoms with Crippen LogP contribution in [0, 0.1) is 11.7 Å². The summed E-state index contributed by atoms with van der Waals surface area (Å²) in [7, 11) is 0. The molecule has 0 spiro atoms. The number of hydrogen-bond acceptors (Lipinski definition) is 3. The van der Waals surface area contributed by atoms with E-state index < -0.39 is 5.82 Å². The van der Waals surface area contributed by atoms with Crippen LogP contribution in [0.3, 0.4) is 0 Å². The van der Waals surface area contributed by atoms with Crippen molar-refractivity contribution in [3.05, 3.63) is 29.6 Å². The first-order valence-electron chi connectivity index (χ1n) is 7.54. The number of halogens is 1. The van der Waals surface area contributed by atoms with Crippen LogP contribution in [0.2, 0.25) is 0 Å². The van der Waals surface area contributed by atoms with Gasteiger partial charge in [-0.25, -0.2) is 4.39 Å². The highest BCUT2D eigenvalue weighted by Gasteiger charge is 2.29. The van der Waals surface area contributed by atoms with E-state index in [-0.39, 0.29) is 17.2 Å². The molecule has 1 fully saturated rings. The molecule has 2 N–H and O–H groups in total. The fourth-order valence-corrected chi connectivity index (χ4v) is 2.81. The second-order valence-electron chi connectivity index (χ2n) is 5.74. The Kier molecular flexibility index (Phi) is 5.17. The topological polar surface area (TPSA) is 52.6 Å². The molecule has 116 valence electrons. The van der Waals surface area contributed by atoms with Gasteiger partial charge in [0.05, 0.1) is 5.56 Å². The molecule has 0 radical (unpaired) electrons. The molecule has 1 aromatic rings. The van der Waals surface area contributed by atoms with Crippen molar-refractivity contribution in [2.45, 2.75) is 32.7 Å². The summed E-state index contributed by atoms with van der Waals surface area (Å²) in [5.74, 6) is -0.637. The van der Waals surface area contributed by atoms with E-state index in [9.17, 15) is 14.3 Å². The molecular formula is C16H23FN2O2. The number of amides is 1.